The normalized spacial score (nSPS) is 17.6. The fourth-order valence-corrected chi connectivity index (χ4v) is 3.13. The summed E-state index contributed by atoms with van der Waals surface area (Å²) in [6.45, 7) is 4.74. The molecule has 6 nitrogen and oxygen atoms in total. The summed E-state index contributed by atoms with van der Waals surface area (Å²) >= 11 is 0. The molecule has 2 N–H and O–H groups in total. The summed E-state index contributed by atoms with van der Waals surface area (Å²) in [5, 5.41) is 5.71. The molecule has 2 aromatic rings. The molecule has 0 aliphatic carbocycles. The van der Waals surface area contributed by atoms with Crippen LogP contribution in [0.25, 0.3) is 0 Å². The maximum Gasteiger partial charge on any atom is 0.323 e. The Morgan fingerprint density at radius 1 is 1.24 bits per heavy atom. The number of amides is 3. The lowest BCUT2D eigenvalue weighted by Gasteiger charge is -2.29. The number of aromatic nitrogens is 1. The van der Waals surface area contributed by atoms with Gasteiger partial charge in [-0.05, 0) is 37.1 Å². The summed E-state index contributed by atoms with van der Waals surface area (Å²) in [5.74, 6) is 0.478. The number of nitrogens with zero attached hydrogens (tertiary/aromatic N) is 2. The van der Waals surface area contributed by atoms with Gasteiger partial charge in [0.15, 0.2) is 0 Å². The third-order valence-corrected chi connectivity index (χ3v) is 4.21. The molecule has 0 saturated carbocycles. The van der Waals surface area contributed by atoms with E-state index in [0.29, 0.717) is 18.9 Å². The molecule has 1 saturated heterocycles. The van der Waals surface area contributed by atoms with Crippen LogP contribution >= 0.6 is 0 Å². The Labute approximate surface area is 147 Å². The smallest absolute Gasteiger partial charge is 0.323 e. The van der Waals surface area contributed by atoms with Gasteiger partial charge in [0.1, 0.15) is 5.82 Å². The minimum atomic E-state index is -0.297. The Morgan fingerprint density at radius 3 is 2.72 bits per heavy atom. The first-order chi connectivity index (χ1) is 12.0. The Kier molecular flexibility index (Phi) is 4.97. The van der Waals surface area contributed by atoms with E-state index in [0.717, 1.165) is 16.8 Å². The number of benzene rings is 1. The van der Waals surface area contributed by atoms with Crippen LogP contribution < -0.4 is 10.6 Å². The van der Waals surface area contributed by atoms with Crippen molar-refractivity contribution >= 4 is 17.8 Å². The largest absolute Gasteiger partial charge is 0.354 e. The van der Waals surface area contributed by atoms with Crippen molar-refractivity contribution in [1.29, 1.82) is 0 Å². The van der Waals surface area contributed by atoms with Crippen LogP contribution in [-0.4, -0.2) is 34.9 Å². The van der Waals surface area contributed by atoms with Crippen LogP contribution in [-0.2, 0) is 4.79 Å². The maximum atomic E-state index is 12.9. The zero-order valence-electron chi connectivity index (χ0n) is 14.5. The van der Waals surface area contributed by atoms with Gasteiger partial charge in [0.05, 0.1) is 12.5 Å². The summed E-state index contributed by atoms with van der Waals surface area (Å²) in [6, 6.07) is 12.9. The van der Waals surface area contributed by atoms with Crippen molar-refractivity contribution in [3.05, 3.63) is 59.3 Å². The number of anilines is 1. The van der Waals surface area contributed by atoms with Crippen molar-refractivity contribution in [2.24, 2.45) is 0 Å². The second-order valence-electron chi connectivity index (χ2n) is 6.28. The number of aryl methyl sites for hydroxylation is 2. The third-order valence-electron chi connectivity index (χ3n) is 4.21. The van der Waals surface area contributed by atoms with Crippen molar-refractivity contribution in [3.63, 3.8) is 0 Å². The average Bonchev–Trinajstić information content (AvgIpc) is 2.76. The van der Waals surface area contributed by atoms with E-state index in [9.17, 15) is 9.59 Å². The fourth-order valence-electron chi connectivity index (χ4n) is 3.13. The van der Waals surface area contributed by atoms with Crippen molar-refractivity contribution in [2.75, 3.05) is 18.4 Å². The lowest BCUT2D eigenvalue weighted by molar-refractivity contribution is -0.121. The summed E-state index contributed by atoms with van der Waals surface area (Å²) in [5.41, 5.74) is 2.83. The highest BCUT2D eigenvalue weighted by Crippen LogP contribution is 2.26. The average molecular weight is 338 g/mol. The molecular formula is C19H22N4O2. The lowest BCUT2D eigenvalue weighted by atomic mass is 10.0. The number of hydrogen-bond donors (Lipinski definition) is 2. The number of nitrogens with one attached hydrogen (secondary N) is 2. The summed E-state index contributed by atoms with van der Waals surface area (Å²) in [4.78, 5) is 30.9. The van der Waals surface area contributed by atoms with Crippen LogP contribution in [0.3, 0.4) is 0 Å². The molecule has 2 heterocycles. The van der Waals surface area contributed by atoms with E-state index in [-0.39, 0.29) is 24.4 Å². The van der Waals surface area contributed by atoms with Crippen LogP contribution in [0.2, 0.25) is 0 Å². The molecule has 1 aromatic heterocycles. The monoisotopic (exact) mass is 338 g/mol. The predicted molar refractivity (Wildman–Crippen MR) is 96.2 cm³/mol. The molecule has 1 aromatic carbocycles. The third kappa shape index (κ3) is 4.15. The van der Waals surface area contributed by atoms with E-state index in [4.69, 9.17) is 0 Å². The van der Waals surface area contributed by atoms with Crippen molar-refractivity contribution < 1.29 is 9.59 Å². The Bertz CT molecular complexity index is 756. The van der Waals surface area contributed by atoms with E-state index < -0.39 is 0 Å². The van der Waals surface area contributed by atoms with Gasteiger partial charge < -0.3 is 10.2 Å². The molecule has 1 atom stereocenters. The first kappa shape index (κ1) is 17.0. The maximum absolute atomic E-state index is 12.9. The standard InChI is InChI=1S/C19H22N4O2/c1-13-10-14(2)21-17(11-13)22-19(25)23-9-8-20-18(24)12-16(23)15-6-4-3-5-7-15/h3-7,10-11,16H,8-9,12H2,1-2H3,(H,20,24)(H,21,22,25)/t16-/m0/s1. The van der Waals surface area contributed by atoms with Gasteiger partial charge in [-0.2, -0.15) is 0 Å². The highest BCUT2D eigenvalue weighted by atomic mass is 16.2. The zero-order valence-corrected chi connectivity index (χ0v) is 14.5. The minimum absolute atomic E-state index is 0.0475. The second kappa shape index (κ2) is 7.34. The van der Waals surface area contributed by atoms with E-state index in [1.54, 1.807) is 4.90 Å². The van der Waals surface area contributed by atoms with Gasteiger partial charge in [0.25, 0.3) is 0 Å². The molecule has 6 heteroatoms. The van der Waals surface area contributed by atoms with Gasteiger partial charge in [-0.3, -0.25) is 10.1 Å². The summed E-state index contributed by atoms with van der Waals surface area (Å²) < 4.78 is 0. The van der Waals surface area contributed by atoms with Crippen LogP contribution in [0.1, 0.15) is 29.3 Å². The number of carbonyl (C=O) groups excluding carboxylic acids is 2. The molecule has 130 valence electrons. The number of urea groups is 1. The molecule has 0 unspecified atom stereocenters. The van der Waals surface area contributed by atoms with Gasteiger partial charge >= 0.3 is 6.03 Å². The van der Waals surface area contributed by atoms with Crippen LogP contribution in [0.5, 0.6) is 0 Å². The Morgan fingerprint density at radius 2 is 2.00 bits per heavy atom. The van der Waals surface area contributed by atoms with Crippen LogP contribution in [0.15, 0.2) is 42.5 Å². The molecule has 0 radical (unpaired) electrons. The highest BCUT2D eigenvalue weighted by Gasteiger charge is 2.30. The predicted octanol–water partition coefficient (Wildman–Crippen LogP) is 2.79. The molecule has 3 rings (SSSR count). The van der Waals surface area contributed by atoms with Gasteiger partial charge in [-0.1, -0.05) is 30.3 Å². The van der Waals surface area contributed by atoms with Crippen LogP contribution in [0, 0.1) is 13.8 Å². The SMILES string of the molecule is Cc1cc(C)nc(NC(=O)N2CCNC(=O)C[C@H]2c2ccccc2)c1. The van der Waals surface area contributed by atoms with E-state index in [1.807, 2.05) is 56.3 Å². The summed E-state index contributed by atoms with van der Waals surface area (Å²) in [6.07, 6.45) is 0.248. The Hall–Kier alpha value is -2.89. The number of rotatable bonds is 2. The Balaban J connectivity index is 1.85. The first-order valence-corrected chi connectivity index (χ1v) is 8.37. The highest BCUT2D eigenvalue weighted by molar-refractivity contribution is 5.89. The molecular weight excluding hydrogens is 316 g/mol. The molecule has 25 heavy (non-hydrogen) atoms. The first-order valence-electron chi connectivity index (χ1n) is 8.37. The fraction of sp³-hybridized carbons (Fsp3) is 0.316. The molecule has 1 aliphatic heterocycles. The number of pyridine rings is 1. The quantitative estimate of drug-likeness (QED) is 0.884. The minimum Gasteiger partial charge on any atom is -0.354 e. The van der Waals surface area contributed by atoms with Gasteiger partial charge in [-0.25, -0.2) is 9.78 Å². The molecule has 0 spiro atoms. The van der Waals surface area contributed by atoms with Gasteiger partial charge in [0.2, 0.25) is 5.91 Å². The molecule has 0 bridgehead atoms. The van der Waals surface area contributed by atoms with E-state index in [2.05, 4.69) is 15.6 Å². The lowest BCUT2D eigenvalue weighted by Crippen LogP contribution is -2.39. The van der Waals surface area contributed by atoms with Crippen LogP contribution in [0.4, 0.5) is 10.6 Å². The van der Waals surface area contributed by atoms with E-state index >= 15 is 0 Å². The topological polar surface area (TPSA) is 74.3 Å². The molecule has 1 fully saturated rings. The summed E-state index contributed by atoms with van der Waals surface area (Å²) in [7, 11) is 0. The van der Waals surface area contributed by atoms with E-state index in [1.165, 1.54) is 0 Å². The number of carbonyl (C=O) groups is 2. The zero-order chi connectivity index (χ0) is 17.8. The van der Waals surface area contributed by atoms with Gasteiger partial charge in [-0.15, -0.1) is 0 Å². The number of hydrogen-bond acceptors (Lipinski definition) is 3. The second-order valence-corrected chi connectivity index (χ2v) is 6.28. The van der Waals surface area contributed by atoms with Crippen molar-refractivity contribution in [1.82, 2.24) is 15.2 Å². The van der Waals surface area contributed by atoms with Crippen molar-refractivity contribution in [3.8, 4) is 0 Å². The van der Waals surface area contributed by atoms with Crippen molar-refractivity contribution in [2.45, 2.75) is 26.3 Å². The molecule has 3 amide bonds. The van der Waals surface area contributed by atoms with Gasteiger partial charge in [0, 0.05) is 18.8 Å². The molecule has 1 aliphatic rings.